The second kappa shape index (κ2) is 4.67. The molecule has 0 spiro atoms. The first-order chi connectivity index (χ1) is 8.11. The first-order valence-electron chi connectivity index (χ1n) is 5.26. The predicted octanol–water partition coefficient (Wildman–Crippen LogP) is 2.03. The van der Waals surface area contributed by atoms with E-state index >= 15 is 0 Å². The standard InChI is InChI=1S/C11H13N3O2S/c1-4-16-11(15)9-12-10(14(3)13-9)8-6-5-7(2)17-8/h5-6H,4H2,1-3H3. The second-order valence-electron chi connectivity index (χ2n) is 3.51. The summed E-state index contributed by atoms with van der Waals surface area (Å²) in [6.45, 7) is 4.10. The van der Waals surface area contributed by atoms with Crippen LogP contribution in [0.1, 0.15) is 22.4 Å². The van der Waals surface area contributed by atoms with Crippen molar-refractivity contribution >= 4 is 17.3 Å². The molecule has 0 unspecified atom stereocenters. The normalized spacial score (nSPS) is 10.5. The summed E-state index contributed by atoms with van der Waals surface area (Å²) in [5.41, 5.74) is 0. The van der Waals surface area contributed by atoms with Gasteiger partial charge in [0.2, 0.25) is 0 Å². The Kier molecular flexibility index (Phi) is 3.23. The minimum Gasteiger partial charge on any atom is -0.460 e. The number of rotatable bonds is 3. The highest BCUT2D eigenvalue weighted by Gasteiger charge is 2.17. The molecule has 0 aliphatic rings. The summed E-state index contributed by atoms with van der Waals surface area (Å²) in [5, 5.41) is 4.05. The first kappa shape index (κ1) is 11.8. The number of carbonyl (C=O) groups is 1. The third kappa shape index (κ3) is 2.36. The number of esters is 1. The van der Waals surface area contributed by atoms with E-state index in [1.54, 1.807) is 30.0 Å². The summed E-state index contributed by atoms with van der Waals surface area (Å²) in [4.78, 5) is 17.9. The van der Waals surface area contributed by atoms with E-state index in [2.05, 4.69) is 10.1 Å². The zero-order valence-corrected chi connectivity index (χ0v) is 10.7. The lowest BCUT2D eigenvalue weighted by Gasteiger charge is -1.94. The quantitative estimate of drug-likeness (QED) is 0.783. The highest BCUT2D eigenvalue weighted by molar-refractivity contribution is 7.15. The molecule has 2 aromatic rings. The van der Waals surface area contributed by atoms with Gasteiger partial charge >= 0.3 is 5.97 Å². The molecule has 0 N–H and O–H groups in total. The average Bonchev–Trinajstić information content (AvgIpc) is 2.85. The summed E-state index contributed by atoms with van der Waals surface area (Å²) in [5.74, 6) is 0.309. The largest absolute Gasteiger partial charge is 0.460 e. The van der Waals surface area contributed by atoms with E-state index in [1.165, 1.54) is 4.88 Å². The minimum absolute atomic E-state index is 0.107. The number of nitrogens with zero attached hydrogens (tertiary/aromatic N) is 3. The fourth-order valence-corrected chi connectivity index (χ4v) is 2.32. The monoisotopic (exact) mass is 251 g/mol. The number of hydrogen-bond donors (Lipinski definition) is 0. The van der Waals surface area contributed by atoms with Crippen LogP contribution in [0.4, 0.5) is 0 Å². The van der Waals surface area contributed by atoms with Gasteiger partial charge in [0, 0.05) is 11.9 Å². The van der Waals surface area contributed by atoms with Gasteiger partial charge in [0.15, 0.2) is 5.82 Å². The molecule has 0 bridgehead atoms. The molecule has 0 radical (unpaired) electrons. The summed E-state index contributed by atoms with van der Waals surface area (Å²) in [6, 6.07) is 3.98. The van der Waals surface area contributed by atoms with Crippen LogP contribution in [0.15, 0.2) is 12.1 Å². The van der Waals surface area contributed by atoms with Gasteiger partial charge in [-0.3, -0.25) is 0 Å². The van der Waals surface area contributed by atoms with E-state index in [0.29, 0.717) is 12.4 Å². The molecule has 0 aromatic carbocycles. The van der Waals surface area contributed by atoms with Crippen molar-refractivity contribution in [1.82, 2.24) is 14.8 Å². The van der Waals surface area contributed by atoms with Gasteiger partial charge in [-0.05, 0) is 26.0 Å². The molecule has 0 saturated heterocycles. The van der Waals surface area contributed by atoms with E-state index in [-0.39, 0.29) is 5.82 Å². The summed E-state index contributed by atoms with van der Waals surface area (Å²) < 4.78 is 6.46. The van der Waals surface area contributed by atoms with Crippen LogP contribution in [0.5, 0.6) is 0 Å². The van der Waals surface area contributed by atoms with Gasteiger partial charge in [0.1, 0.15) is 0 Å². The molecule has 2 aromatic heterocycles. The Hall–Kier alpha value is -1.69. The molecule has 6 heteroatoms. The van der Waals surface area contributed by atoms with Gasteiger partial charge < -0.3 is 4.74 Å². The molecule has 0 fully saturated rings. The lowest BCUT2D eigenvalue weighted by atomic mass is 10.4. The molecule has 2 heterocycles. The van der Waals surface area contributed by atoms with Gasteiger partial charge in [-0.2, -0.15) is 0 Å². The van der Waals surface area contributed by atoms with Crippen molar-refractivity contribution in [2.75, 3.05) is 6.61 Å². The Balaban J connectivity index is 2.34. The van der Waals surface area contributed by atoms with Gasteiger partial charge in [-0.15, -0.1) is 16.4 Å². The molecule has 5 nitrogen and oxygen atoms in total. The van der Waals surface area contributed by atoms with Crippen LogP contribution in [-0.4, -0.2) is 27.3 Å². The van der Waals surface area contributed by atoms with Crippen LogP contribution in [0.3, 0.4) is 0 Å². The molecule has 0 amide bonds. The van der Waals surface area contributed by atoms with Gasteiger partial charge in [0.05, 0.1) is 11.5 Å². The number of aromatic nitrogens is 3. The summed E-state index contributed by atoms with van der Waals surface area (Å²) >= 11 is 1.62. The van der Waals surface area contributed by atoms with Crippen LogP contribution >= 0.6 is 11.3 Å². The van der Waals surface area contributed by atoms with Crippen molar-refractivity contribution in [1.29, 1.82) is 0 Å². The predicted molar refractivity (Wildman–Crippen MR) is 65.0 cm³/mol. The van der Waals surface area contributed by atoms with Crippen molar-refractivity contribution in [3.63, 3.8) is 0 Å². The fourth-order valence-electron chi connectivity index (χ4n) is 1.44. The summed E-state index contributed by atoms with van der Waals surface area (Å²) in [7, 11) is 1.76. The molecule has 0 aliphatic carbocycles. The van der Waals surface area contributed by atoms with Crippen molar-refractivity contribution in [3.05, 3.63) is 22.8 Å². The van der Waals surface area contributed by atoms with Crippen LogP contribution in [0, 0.1) is 6.92 Å². The van der Waals surface area contributed by atoms with E-state index in [4.69, 9.17) is 4.74 Å². The molecule has 0 atom stereocenters. The Morgan fingerprint density at radius 2 is 2.29 bits per heavy atom. The third-order valence-electron chi connectivity index (χ3n) is 2.18. The van der Waals surface area contributed by atoms with E-state index < -0.39 is 5.97 Å². The number of ether oxygens (including phenoxy) is 1. The summed E-state index contributed by atoms with van der Waals surface area (Å²) in [6.07, 6.45) is 0. The lowest BCUT2D eigenvalue weighted by molar-refractivity contribution is 0.0512. The number of aryl methyl sites for hydroxylation is 2. The van der Waals surface area contributed by atoms with Gasteiger partial charge in [-0.1, -0.05) is 0 Å². The molecule has 0 aliphatic heterocycles. The maximum absolute atomic E-state index is 11.5. The van der Waals surface area contributed by atoms with E-state index in [9.17, 15) is 4.79 Å². The number of thiophene rings is 1. The highest BCUT2D eigenvalue weighted by Crippen LogP contribution is 2.25. The van der Waals surface area contributed by atoms with Crippen molar-refractivity contribution in [2.45, 2.75) is 13.8 Å². The van der Waals surface area contributed by atoms with Crippen molar-refractivity contribution in [2.24, 2.45) is 7.05 Å². The van der Waals surface area contributed by atoms with Crippen LogP contribution in [0.25, 0.3) is 10.7 Å². The molecule has 2 rings (SSSR count). The fraction of sp³-hybridized carbons (Fsp3) is 0.364. The van der Waals surface area contributed by atoms with Gasteiger partial charge in [0.25, 0.3) is 5.82 Å². The Morgan fingerprint density at radius 3 is 2.88 bits per heavy atom. The number of hydrogen-bond acceptors (Lipinski definition) is 5. The van der Waals surface area contributed by atoms with Crippen molar-refractivity contribution in [3.8, 4) is 10.7 Å². The van der Waals surface area contributed by atoms with Crippen LogP contribution in [-0.2, 0) is 11.8 Å². The van der Waals surface area contributed by atoms with E-state index in [0.717, 1.165) is 4.88 Å². The SMILES string of the molecule is CCOC(=O)c1nc(-c2ccc(C)s2)n(C)n1. The molecule has 90 valence electrons. The topological polar surface area (TPSA) is 57.0 Å². The van der Waals surface area contributed by atoms with Gasteiger partial charge in [-0.25, -0.2) is 14.5 Å². The molecular weight excluding hydrogens is 238 g/mol. The second-order valence-corrected chi connectivity index (χ2v) is 4.80. The Bertz CT molecular complexity index is 545. The highest BCUT2D eigenvalue weighted by atomic mass is 32.1. The van der Waals surface area contributed by atoms with Crippen LogP contribution in [0.2, 0.25) is 0 Å². The Labute approximate surface area is 103 Å². The third-order valence-corrected chi connectivity index (χ3v) is 3.18. The maximum Gasteiger partial charge on any atom is 0.378 e. The zero-order chi connectivity index (χ0) is 12.4. The molecule has 0 saturated carbocycles. The first-order valence-corrected chi connectivity index (χ1v) is 6.08. The Morgan fingerprint density at radius 1 is 1.53 bits per heavy atom. The lowest BCUT2D eigenvalue weighted by Crippen LogP contribution is -2.07. The minimum atomic E-state index is -0.484. The van der Waals surface area contributed by atoms with Crippen LogP contribution < -0.4 is 0 Å². The molecular formula is C11H13N3O2S. The maximum atomic E-state index is 11.5. The van der Waals surface area contributed by atoms with E-state index in [1.807, 2.05) is 19.1 Å². The smallest absolute Gasteiger partial charge is 0.378 e. The number of carbonyl (C=O) groups excluding carboxylic acids is 1. The average molecular weight is 251 g/mol. The zero-order valence-electron chi connectivity index (χ0n) is 9.93. The van der Waals surface area contributed by atoms with Crippen molar-refractivity contribution < 1.29 is 9.53 Å². The molecule has 17 heavy (non-hydrogen) atoms.